The Morgan fingerprint density at radius 2 is 1.68 bits per heavy atom. The van der Waals surface area contributed by atoms with Crippen molar-refractivity contribution in [2.24, 2.45) is 5.41 Å². The summed E-state index contributed by atoms with van der Waals surface area (Å²) in [6, 6.07) is 10.3. The van der Waals surface area contributed by atoms with Gasteiger partial charge in [-0.15, -0.1) is 0 Å². The van der Waals surface area contributed by atoms with Gasteiger partial charge in [-0.2, -0.15) is 26.3 Å². The highest BCUT2D eigenvalue weighted by atomic mass is 32.2. The molecule has 1 N–H and O–H groups in total. The van der Waals surface area contributed by atoms with Crippen molar-refractivity contribution >= 4 is 21.7 Å². The number of carbonyl (C=O) groups is 1. The van der Waals surface area contributed by atoms with Crippen molar-refractivity contribution in [1.82, 2.24) is 4.98 Å². The molecule has 41 heavy (non-hydrogen) atoms. The topological polar surface area (TPSA) is 96.8 Å². The van der Waals surface area contributed by atoms with Crippen LogP contribution in [0.5, 0.6) is 5.75 Å². The summed E-state index contributed by atoms with van der Waals surface area (Å²) in [5.41, 5.74) is -3.66. The quantitative estimate of drug-likeness (QED) is 0.305. The van der Waals surface area contributed by atoms with E-state index in [0.717, 1.165) is 34.6 Å². The zero-order chi connectivity index (χ0) is 30.4. The molecular weight excluding hydrogens is 578 g/mol. The van der Waals surface area contributed by atoms with Crippen molar-refractivity contribution in [2.75, 3.05) is 10.8 Å². The second-order valence-corrected chi connectivity index (χ2v) is 12.0. The first kappa shape index (κ1) is 30.2. The van der Waals surface area contributed by atoms with E-state index in [1.807, 2.05) is 0 Å². The fraction of sp³-hybridized carbons (Fsp3) is 0.333. The van der Waals surface area contributed by atoms with Gasteiger partial charge in [0.25, 0.3) is 10.0 Å². The lowest BCUT2D eigenvalue weighted by atomic mass is 9.86. The molecule has 1 aromatic heterocycles. The van der Waals surface area contributed by atoms with Gasteiger partial charge < -0.3 is 9.84 Å². The number of pyridine rings is 1. The summed E-state index contributed by atoms with van der Waals surface area (Å²) in [7, 11) is -4.66. The van der Waals surface area contributed by atoms with Gasteiger partial charge in [0.1, 0.15) is 17.5 Å². The number of carboxylic acids is 1. The normalized spacial score (nSPS) is 16.2. The number of halogens is 6. The van der Waals surface area contributed by atoms with Gasteiger partial charge in [0, 0.05) is 5.56 Å². The van der Waals surface area contributed by atoms with Gasteiger partial charge in [-0.1, -0.05) is 12.1 Å². The standard InChI is InChI=1S/C27H24F6N2O5S/c1-25(2,24(36)37)12-11-18-15-35(41(38,39)19-6-3-5-17(14-19)26(28,29)30)21-13-16(9-10-22(21)40-18)20-7-4-8-23(34-20)27(31,32)33/h3-10,13-14,18H,11-12,15H2,1-2H3,(H,36,37). The molecule has 0 spiro atoms. The van der Waals surface area contributed by atoms with Gasteiger partial charge in [-0.05, 0) is 75.2 Å². The predicted molar refractivity (Wildman–Crippen MR) is 136 cm³/mol. The predicted octanol–water partition coefficient (Wildman–Crippen LogP) is 6.63. The number of nitrogens with zero attached hydrogens (tertiary/aromatic N) is 2. The van der Waals surface area contributed by atoms with Crippen molar-refractivity contribution in [2.45, 2.75) is 50.0 Å². The number of anilines is 1. The van der Waals surface area contributed by atoms with E-state index in [4.69, 9.17) is 4.74 Å². The third-order valence-electron chi connectivity index (χ3n) is 6.65. The lowest BCUT2D eigenvalue weighted by Crippen LogP contribution is -2.44. The molecule has 0 fully saturated rings. The van der Waals surface area contributed by atoms with E-state index >= 15 is 0 Å². The molecule has 2 heterocycles. The maximum absolute atomic E-state index is 13.8. The van der Waals surface area contributed by atoms with Crippen molar-refractivity contribution in [3.05, 3.63) is 71.9 Å². The average molecular weight is 603 g/mol. The van der Waals surface area contributed by atoms with Crippen LogP contribution in [0.4, 0.5) is 32.0 Å². The number of benzene rings is 2. The minimum absolute atomic E-state index is 0.000609. The van der Waals surface area contributed by atoms with Gasteiger partial charge >= 0.3 is 18.3 Å². The van der Waals surface area contributed by atoms with E-state index in [9.17, 15) is 44.7 Å². The Labute approximate surface area is 231 Å². The zero-order valence-electron chi connectivity index (χ0n) is 21.6. The Balaban J connectivity index is 1.80. The van der Waals surface area contributed by atoms with Crippen LogP contribution in [0, 0.1) is 5.41 Å². The molecule has 220 valence electrons. The highest BCUT2D eigenvalue weighted by molar-refractivity contribution is 7.92. The summed E-state index contributed by atoms with van der Waals surface area (Å²) < 4.78 is 114. The monoisotopic (exact) mass is 602 g/mol. The van der Waals surface area contributed by atoms with E-state index in [0.29, 0.717) is 6.07 Å². The molecule has 4 rings (SSSR count). The zero-order valence-corrected chi connectivity index (χ0v) is 22.4. The van der Waals surface area contributed by atoms with Crippen molar-refractivity contribution < 1.29 is 49.4 Å². The number of fused-ring (bicyclic) bond motifs is 1. The molecule has 3 aromatic rings. The Hall–Kier alpha value is -3.81. The Morgan fingerprint density at radius 3 is 2.32 bits per heavy atom. The molecule has 1 aliphatic heterocycles. The number of hydrogen-bond donors (Lipinski definition) is 1. The van der Waals surface area contributed by atoms with Gasteiger partial charge in [-0.3, -0.25) is 9.10 Å². The maximum Gasteiger partial charge on any atom is 0.433 e. The Bertz CT molecular complexity index is 1570. The lowest BCUT2D eigenvalue weighted by Gasteiger charge is -2.36. The van der Waals surface area contributed by atoms with Crippen molar-refractivity contribution in [3.63, 3.8) is 0 Å². The number of hydrogen-bond acceptors (Lipinski definition) is 5. The molecular formula is C27H24F6N2O5S. The van der Waals surface area contributed by atoms with Gasteiger partial charge in [0.05, 0.1) is 33.8 Å². The molecule has 14 heteroatoms. The van der Waals surface area contributed by atoms with Crippen LogP contribution in [-0.4, -0.2) is 37.1 Å². The largest absolute Gasteiger partial charge is 0.486 e. The summed E-state index contributed by atoms with van der Waals surface area (Å²) in [5, 5.41) is 9.44. The number of carboxylic acid groups (broad SMARTS) is 1. The first-order valence-corrected chi connectivity index (χ1v) is 13.6. The highest BCUT2D eigenvalue weighted by Gasteiger charge is 2.39. The number of aliphatic carboxylic acids is 1. The van der Waals surface area contributed by atoms with Gasteiger partial charge in [0.15, 0.2) is 0 Å². The summed E-state index contributed by atoms with van der Waals surface area (Å²) in [5.74, 6) is -1.08. The summed E-state index contributed by atoms with van der Waals surface area (Å²) in [6.07, 6.45) is -10.2. The van der Waals surface area contributed by atoms with Crippen LogP contribution in [0.25, 0.3) is 11.3 Å². The van der Waals surface area contributed by atoms with Crippen LogP contribution in [0.2, 0.25) is 0 Å². The second kappa shape index (κ2) is 10.5. The molecule has 1 aliphatic rings. The molecule has 7 nitrogen and oxygen atoms in total. The van der Waals surface area contributed by atoms with Crippen molar-refractivity contribution in [1.29, 1.82) is 0 Å². The molecule has 0 amide bonds. The Kier molecular flexibility index (Phi) is 7.76. The molecule has 0 radical (unpaired) electrons. The second-order valence-electron chi connectivity index (χ2n) is 10.1. The number of sulfonamides is 1. The first-order chi connectivity index (χ1) is 18.9. The maximum atomic E-state index is 13.8. The lowest BCUT2D eigenvalue weighted by molar-refractivity contribution is -0.147. The molecule has 0 saturated carbocycles. The molecule has 1 unspecified atom stereocenters. The smallest absolute Gasteiger partial charge is 0.433 e. The van der Waals surface area contributed by atoms with Crippen LogP contribution >= 0.6 is 0 Å². The molecule has 0 saturated heterocycles. The molecule has 0 aliphatic carbocycles. The van der Waals surface area contributed by atoms with Crippen molar-refractivity contribution in [3.8, 4) is 17.0 Å². The number of alkyl halides is 6. The van der Waals surface area contributed by atoms with E-state index in [1.54, 1.807) is 0 Å². The summed E-state index contributed by atoms with van der Waals surface area (Å²) in [6.45, 7) is 2.58. The highest BCUT2D eigenvalue weighted by Crippen LogP contribution is 2.42. The minimum atomic E-state index is -4.82. The number of aromatic nitrogens is 1. The van der Waals surface area contributed by atoms with Crippen LogP contribution in [0.1, 0.15) is 37.9 Å². The molecule has 2 aromatic carbocycles. The Morgan fingerprint density at radius 1 is 1.00 bits per heavy atom. The van der Waals surface area contributed by atoms with E-state index in [-0.39, 0.29) is 42.1 Å². The van der Waals surface area contributed by atoms with E-state index in [1.165, 1.54) is 38.1 Å². The van der Waals surface area contributed by atoms with Gasteiger partial charge in [0.2, 0.25) is 0 Å². The van der Waals surface area contributed by atoms with Crippen LogP contribution in [0.15, 0.2) is 65.6 Å². The van der Waals surface area contributed by atoms with E-state index < -0.39 is 56.0 Å². The van der Waals surface area contributed by atoms with E-state index in [2.05, 4.69) is 4.98 Å². The fourth-order valence-electron chi connectivity index (χ4n) is 4.19. The summed E-state index contributed by atoms with van der Waals surface area (Å²) >= 11 is 0. The van der Waals surface area contributed by atoms with Gasteiger partial charge in [-0.25, -0.2) is 13.4 Å². The number of ether oxygens (including phenoxy) is 1. The minimum Gasteiger partial charge on any atom is -0.486 e. The van der Waals surface area contributed by atoms with Crippen LogP contribution in [-0.2, 0) is 27.2 Å². The number of rotatable bonds is 7. The molecule has 1 atom stereocenters. The summed E-state index contributed by atoms with van der Waals surface area (Å²) in [4.78, 5) is 14.5. The first-order valence-electron chi connectivity index (χ1n) is 12.2. The third-order valence-corrected chi connectivity index (χ3v) is 8.42. The van der Waals surface area contributed by atoms with Crippen LogP contribution in [0.3, 0.4) is 0 Å². The third kappa shape index (κ3) is 6.42. The van der Waals surface area contributed by atoms with Crippen LogP contribution < -0.4 is 9.04 Å². The fourth-order valence-corrected chi connectivity index (χ4v) is 5.74. The molecule has 0 bridgehead atoms. The average Bonchev–Trinajstić information content (AvgIpc) is 2.90. The SMILES string of the molecule is CC(C)(CCC1CN(S(=O)(=O)c2cccc(C(F)(F)F)c2)c2cc(-c3cccc(C(F)(F)F)n3)ccc2O1)C(=O)O.